The minimum atomic E-state index is -0.804. The zero-order chi connectivity index (χ0) is 25.1. The fourth-order valence-electron chi connectivity index (χ4n) is 4.89. The third kappa shape index (κ3) is 8.78. The van der Waals surface area contributed by atoms with Crippen LogP contribution in [0.4, 0.5) is 0 Å². The van der Waals surface area contributed by atoms with Gasteiger partial charge < -0.3 is 19.7 Å². The lowest BCUT2D eigenvalue weighted by molar-refractivity contribution is -0.0446. The Hall–Kier alpha value is -1.78. The average molecular weight is 473 g/mol. The predicted octanol–water partition coefficient (Wildman–Crippen LogP) is 7.02. The van der Waals surface area contributed by atoms with Crippen molar-refractivity contribution in [2.24, 2.45) is 23.7 Å². The van der Waals surface area contributed by atoms with Crippen molar-refractivity contribution < 1.29 is 19.7 Å². The summed E-state index contributed by atoms with van der Waals surface area (Å²) in [6.07, 6.45) is 8.91. The largest absolute Gasteiger partial charge is 0.495 e. The number of hydrogen-bond acceptors (Lipinski definition) is 4. The fourth-order valence-corrected chi connectivity index (χ4v) is 4.89. The number of aliphatic hydroxyl groups is 2. The van der Waals surface area contributed by atoms with Crippen LogP contribution in [0.3, 0.4) is 0 Å². The van der Waals surface area contributed by atoms with Gasteiger partial charge in [0.05, 0.1) is 7.11 Å². The van der Waals surface area contributed by atoms with Crippen molar-refractivity contribution in [2.75, 3.05) is 7.11 Å². The van der Waals surface area contributed by atoms with Crippen LogP contribution in [0.5, 0.6) is 0 Å². The molecule has 0 saturated carbocycles. The van der Waals surface area contributed by atoms with E-state index in [-0.39, 0.29) is 11.8 Å². The molecule has 0 amide bonds. The summed E-state index contributed by atoms with van der Waals surface area (Å²) in [5.41, 5.74) is 2.37. The first-order chi connectivity index (χ1) is 16.2. The van der Waals surface area contributed by atoms with E-state index < -0.39 is 12.2 Å². The summed E-state index contributed by atoms with van der Waals surface area (Å²) in [6.45, 7) is 11.5. The van der Waals surface area contributed by atoms with Crippen molar-refractivity contribution in [1.29, 1.82) is 0 Å². The Morgan fingerprint density at radius 2 is 1.65 bits per heavy atom. The van der Waals surface area contributed by atoms with E-state index in [1.54, 1.807) is 0 Å². The van der Waals surface area contributed by atoms with E-state index in [4.69, 9.17) is 9.47 Å². The van der Waals surface area contributed by atoms with Crippen molar-refractivity contribution >= 4 is 0 Å². The first-order valence-electron chi connectivity index (χ1n) is 13.2. The second kappa shape index (κ2) is 14.6. The smallest absolute Gasteiger partial charge is 0.165 e. The van der Waals surface area contributed by atoms with E-state index in [9.17, 15) is 10.2 Å². The van der Waals surface area contributed by atoms with Crippen LogP contribution in [0, 0.1) is 23.7 Å². The Morgan fingerprint density at radius 3 is 2.29 bits per heavy atom. The van der Waals surface area contributed by atoms with Crippen LogP contribution in [0.25, 0.3) is 0 Å². The molecule has 1 aromatic rings. The maximum absolute atomic E-state index is 11.2. The highest BCUT2D eigenvalue weighted by molar-refractivity contribution is 5.21. The van der Waals surface area contributed by atoms with Gasteiger partial charge in [0, 0.05) is 5.92 Å². The molecule has 0 spiro atoms. The standard InChI is InChI=1S/C30H48O4/c1-21(2)12-10-13-22(3)14-11-15-23(4)18-19-26-24(5)27(31)29(33-6)30(28(26)32)34-20-25-16-8-7-9-17-25/h7-9,16-18,21-22,24,26-28,31-32H,10-15,19-20H2,1-6H3/b23-18+. The molecule has 0 radical (unpaired) electrons. The van der Waals surface area contributed by atoms with Gasteiger partial charge in [0.2, 0.25) is 0 Å². The van der Waals surface area contributed by atoms with E-state index >= 15 is 0 Å². The van der Waals surface area contributed by atoms with Crippen molar-refractivity contribution in [3.63, 3.8) is 0 Å². The predicted molar refractivity (Wildman–Crippen MR) is 140 cm³/mol. The lowest BCUT2D eigenvalue weighted by atomic mass is 9.76. The number of aliphatic hydroxyl groups excluding tert-OH is 2. The number of hydrogen-bond donors (Lipinski definition) is 2. The van der Waals surface area contributed by atoms with Crippen molar-refractivity contribution in [1.82, 2.24) is 0 Å². The van der Waals surface area contributed by atoms with E-state index in [1.807, 2.05) is 37.3 Å². The third-order valence-corrected chi connectivity index (χ3v) is 7.30. The molecule has 0 heterocycles. The minimum absolute atomic E-state index is 0.121. The molecule has 0 aromatic heterocycles. The summed E-state index contributed by atoms with van der Waals surface area (Å²) >= 11 is 0. The van der Waals surface area contributed by atoms with Gasteiger partial charge in [0.1, 0.15) is 18.8 Å². The first-order valence-corrected chi connectivity index (χ1v) is 13.2. The molecular weight excluding hydrogens is 424 g/mol. The average Bonchev–Trinajstić information content (AvgIpc) is 2.81. The molecule has 0 saturated heterocycles. The van der Waals surface area contributed by atoms with E-state index in [0.29, 0.717) is 24.5 Å². The molecule has 1 aliphatic carbocycles. The zero-order valence-electron chi connectivity index (χ0n) is 22.3. The van der Waals surface area contributed by atoms with Crippen LogP contribution < -0.4 is 0 Å². The molecule has 0 fully saturated rings. The molecule has 192 valence electrons. The number of allylic oxidation sites excluding steroid dienone is 2. The van der Waals surface area contributed by atoms with Gasteiger partial charge in [0.25, 0.3) is 0 Å². The summed E-state index contributed by atoms with van der Waals surface area (Å²) in [5, 5.41) is 22.0. The second-order valence-electron chi connectivity index (χ2n) is 10.7. The summed E-state index contributed by atoms with van der Waals surface area (Å²) in [7, 11) is 1.53. The van der Waals surface area contributed by atoms with Crippen molar-refractivity contribution in [2.45, 2.75) is 98.4 Å². The lowest BCUT2D eigenvalue weighted by Crippen LogP contribution is -2.42. The molecule has 5 atom stereocenters. The molecule has 5 unspecified atom stereocenters. The first kappa shape index (κ1) is 28.5. The monoisotopic (exact) mass is 472 g/mol. The van der Waals surface area contributed by atoms with Gasteiger partial charge in [-0.25, -0.2) is 0 Å². The van der Waals surface area contributed by atoms with Crippen molar-refractivity contribution in [3.8, 4) is 0 Å². The van der Waals surface area contributed by atoms with Crippen LogP contribution in [0.2, 0.25) is 0 Å². The molecule has 0 bridgehead atoms. The van der Waals surface area contributed by atoms with Gasteiger partial charge in [-0.15, -0.1) is 0 Å². The lowest BCUT2D eigenvalue weighted by Gasteiger charge is -2.38. The highest BCUT2D eigenvalue weighted by Crippen LogP contribution is 2.38. The molecule has 34 heavy (non-hydrogen) atoms. The Bertz CT molecular complexity index is 767. The minimum Gasteiger partial charge on any atom is -0.495 e. The summed E-state index contributed by atoms with van der Waals surface area (Å²) < 4.78 is 11.5. The second-order valence-corrected chi connectivity index (χ2v) is 10.7. The van der Waals surface area contributed by atoms with E-state index in [1.165, 1.54) is 44.8 Å². The van der Waals surface area contributed by atoms with Gasteiger partial charge in [-0.2, -0.15) is 0 Å². The highest BCUT2D eigenvalue weighted by Gasteiger charge is 2.42. The summed E-state index contributed by atoms with van der Waals surface area (Å²) in [4.78, 5) is 0. The van der Waals surface area contributed by atoms with Crippen molar-refractivity contribution in [3.05, 3.63) is 59.1 Å². The number of rotatable bonds is 14. The number of methoxy groups -OCH3 is 1. The topological polar surface area (TPSA) is 58.9 Å². The quantitative estimate of drug-likeness (QED) is 0.286. The molecule has 4 nitrogen and oxygen atoms in total. The van der Waals surface area contributed by atoms with E-state index in [2.05, 4.69) is 33.8 Å². The van der Waals surface area contributed by atoms with Crippen LogP contribution >= 0.6 is 0 Å². The van der Waals surface area contributed by atoms with Crippen LogP contribution in [-0.4, -0.2) is 29.5 Å². The Kier molecular flexibility index (Phi) is 12.2. The van der Waals surface area contributed by atoms with Gasteiger partial charge in [-0.1, -0.05) is 95.4 Å². The molecule has 2 N–H and O–H groups in total. The maximum Gasteiger partial charge on any atom is 0.165 e. The molecule has 2 rings (SSSR count). The highest BCUT2D eigenvalue weighted by atomic mass is 16.5. The molecule has 0 aliphatic heterocycles. The Labute approximate surface area is 208 Å². The zero-order valence-corrected chi connectivity index (χ0v) is 22.3. The molecule has 1 aliphatic rings. The van der Waals surface area contributed by atoms with Crippen LogP contribution in [0.15, 0.2) is 53.5 Å². The van der Waals surface area contributed by atoms with Crippen LogP contribution in [-0.2, 0) is 16.1 Å². The fraction of sp³-hybridized carbons (Fsp3) is 0.667. The molecule has 4 heteroatoms. The van der Waals surface area contributed by atoms with Gasteiger partial charge in [-0.3, -0.25) is 0 Å². The summed E-state index contributed by atoms with van der Waals surface area (Å²) in [5.74, 6) is 2.04. The van der Waals surface area contributed by atoms with Gasteiger partial charge in [0.15, 0.2) is 11.5 Å². The van der Waals surface area contributed by atoms with Crippen LogP contribution in [0.1, 0.15) is 85.1 Å². The van der Waals surface area contributed by atoms with Gasteiger partial charge >= 0.3 is 0 Å². The molecule has 1 aromatic carbocycles. The summed E-state index contributed by atoms with van der Waals surface area (Å²) in [6, 6.07) is 9.84. The SMILES string of the molecule is COC1=C(OCc2ccccc2)C(O)C(C/C=C(\C)CCCC(C)CCCC(C)C)C(C)C1O. The maximum atomic E-state index is 11.2. The molecular formula is C30H48O4. The van der Waals surface area contributed by atoms with E-state index in [0.717, 1.165) is 23.8 Å². The Morgan fingerprint density at radius 1 is 0.971 bits per heavy atom. The number of ether oxygens (including phenoxy) is 2. The number of benzene rings is 1. The Balaban J connectivity index is 1.92. The normalized spacial score (nSPS) is 24.4. The van der Waals surface area contributed by atoms with Gasteiger partial charge in [-0.05, 0) is 49.5 Å². The third-order valence-electron chi connectivity index (χ3n) is 7.30.